The first-order valence-electron chi connectivity index (χ1n) is 8.77. The van der Waals surface area contributed by atoms with Crippen LogP contribution in [-0.2, 0) is 4.74 Å². The smallest absolute Gasteiger partial charge is 0.339 e. The minimum absolute atomic E-state index is 0.234. The number of pyridine rings is 1. The summed E-state index contributed by atoms with van der Waals surface area (Å²) in [5, 5.41) is 5.98. The second kappa shape index (κ2) is 8.35. The van der Waals surface area contributed by atoms with E-state index in [4.69, 9.17) is 4.74 Å². The van der Waals surface area contributed by atoms with Gasteiger partial charge < -0.3 is 15.4 Å². The highest BCUT2D eigenvalue weighted by molar-refractivity contribution is 6.04. The number of aryl methyl sites for hydroxylation is 1. The van der Waals surface area contributed by atoms with Crippen LogP contribution in [-0.4, -0.2) is 24.0 Å². The molecule has 0 bridgehead atoms. The van der Waals surface area contributed by atoms with Gasteiger partial charge in [0.25, 0.3) is 5.91 Å². The lowest BCUT2D eigenvalue weighted by Gasteiger charge is -2.12. The van der Waals surface area contributed by atoms with E-state index in [2.05, 4.69) is 15.6 Å². The van der Waals surface area contributed by atoms with E-state index >= 15 is 0 Å². The maximum atomic E-state index is 12.5. The van der Waals surface area contributed by atoms with Crippen molar-refractivity contribution in [1.82, 2.24) is 4.98 Å². The number of anilines is 3. The van der Waals surface area contributed by atoms with E-state index in [0.29, 0.717) is 22.6 Å². The van der Waals surface area contributed by atoms with Gasteiger partial charge in [0.05, 0.1) is 23.9 Å². The fourth-order valence-corrected chi connectivity index (χ4v) is 2.70. The van der Waals surface area contributed by atoms with Gasteiger partial charge in [0.15, 0.2) is 0 Å². The number of aromatic nitrogens is 1. The quantitative estimate of drug-likeness (QED) is 0.643. The lowest BCUT2D eigenvalue weighted by molar-refractivity contribution is 0.0601. The molecule has 0 unspecified atom stereocenters. The van der Waals surface area contributed by atoms with Gasteiger partial charge in [-0.2, -0.15) is 0 Å². The van der Waals surface area contributed by atoms with Gasteiger partial charge >= 0.3 is 5.97 Å². The van der Waals surface area contributed by atoms with Gasteiger partial charge in [-0.15, -0.1) is 0 Å². The maximum Gasteiger partial charge on any atom is 0.339 e. The minimum Gasteiger partial charge on any atom is -0.465 e. The molecule has 0 fully saturated rings. The van der Waals surface area contributed by atoms with Crippen LogP contribution in [0.15, 0.2) is 60.8 Å². The summed E-state index contributed by atoms with van der Waals surface area (Å²) < 4.78 is 4.79. The van der Waals surface area contributed by atoms with Crippen molar-refractivity contribution in [2.24, 2.45) is 0 Å². The molecule has 6 heteroatoms. The lowest BCUT2D eigenvalue weighted by atomic mass is 10.1. The van der Waals surface area contributed by atoms with Crippen LogP contribution >= 0.6 is 0 Å². The Morgan fingerprint density at radius 1 is 0.929 bits per heavy atom. The van der Waals surface area contributed by atoms with Crippen molar-refractivity contribution in [1.29, 1.82) is 0 Å². The number of benzene rings is 2. The number of amides is 1. The Bertz CT molecular complexity index is 1010. The standard InChI is InChI=1S/C22H21N3O3/c1-14-7-6-10-18(15(14)2)25-21(26)16-11-12-20(23-13-16)24-19-9-5-4-8-17(19)22(27)28-3/h4-13H,1-3H3,(H,23,24)(H,25,26). The van der Waals surface area contributed by atoms with E-state index in [9.17, 15) is 9.59 Å². The molecule has 1 amide bonds. The SMILES string of the molecule is COC(=O)c1ccccc1Nc1ccc(C(=O)Nc2cccc(C)c2C)cn1. The van der Waals surface area contributed by atoms with Crippen molar-refractivity contribution >= 4 is 29.1 Å². The van der Waals surface area contributed by atoms with E-state index in [1.165, 1.54) is 13.3 Å². The molecule has 6 nitrogen and oxygen atoms in total. The van der Waals surface area contributed by atoms with Crippen LogP contribution in [0, 0.1) is 13.8 Å². The number of ether oxygens (including phenoxy) is 1. The summed E-state index contributed by atoms with van der Waals surface area (Å²) in [5.41, 5.74) is 4.34. The number of esters is 1. The summed E-state index contributed by atoms with van der Waals surface area (Å²) in [6.45, 7) is 3.97. The molecule has 0 aliphatic rings. The van der Waals surface area contributed by atoms with Gasteiger partial charge in [-0.05, 0) is 55.3 Å². The van der Waals surface area contributed by atoms with Gasteiger partial charge in [0, 0.05) is 11.9 Å². The highest BCUT2D eigenvalue weighted by atomic mass is 16.5. The van der Waals surface area contributed by atoms with Crippen LogP contribution in [0.4, 0.5) is 17.2 Å². The highest BCUT2D eigenvalue weighted by Crippen LogP contribution is 2.21. The average molecular weight is 375 g/mol. The molecule has 2 N–H and O–H groups in total. The fourth-order valence-electron chi connectivity index (χ4n) is 2.70. The fraction of sp³-hybridized carbons (Fsp3) is 0.136. The normalized spacial score (nSPS) is 10.2. The molecule has 0 saturated heterocycles. The molecule has 0 aliphatic heterocycles. The number of carbonyl (C=O) groups excluding carboxylic acids is 2. The maximum absolute atomic E-state index is 12.5. The van der Waals surface area contributed by atoms with E-state index in [1.54, 1.807) is 36.4 Å². The predicted octanol–water partition coefficient (Wildman–Crippen LogP) is 4.48. The zero-order valence-corrected chi connectivity index (χ0v) is 15.9. The molecule has 28 heavy (non-hydrogen) atoms. The summed E-state index contributed by atoms with van der Waals surface area (Å²) in [5.74, 6) is -0.157. The summed E-state index contributed by atoms with van der Waals surface area (Å²) >= 11 is 0. The van der Waals surface area contributed by atoms with Crippen molar-refractivity contribution in [3.63, 3.8) is 0 Å². The molecule has 142 valence electrons. The molecule has 0 radical (unpaired) electrons. The Labute approximate surface area is 163 Å². The van der Waals surface area contributed by atoms with E-state index < -0.39 is 5.97 Å². The molecule has 0 atom stereocenters. The monoisotopic (exact) mass is 375 g/mol. The van der Waals surface area contributed by atoms with Crippen LogP contribution in [0.25, 0.3) is 0 Å². The number of rotatable bonds is 5. The topological polar surface area (TPSA) is 80.3 Å². The Balaban J connectivity index is 1.74. The number of methoxy groups -OCH3 is 1. The molecule has 1 heterocycles. The molecule has 0 saturated carbocycles. The number of hydrogen-bond donors (Lipinski definition) is 2. The molecule has 3 aromatic rings. The van der Waals surface area contributed by atoms with Crippen molar-refractivity contribution in [3.8, 4) is 0 Å². The molecular formula is C22H21N3O3. The number of carbonyl (C=O) groups is 2. The van der Waals surface area contributed by atoms with E-state index in [1.807, 2.05) is 32.0 Å². The Hall–Kier alpha value is -3.67. The number of nitrogens with zero attached hydrogens (tertiary/aromatic N) is 1. The average Bonchev–Trinajstić information content (AvgIpc) is 2.71. The number of nitrogens with one attached hydrogen (secondary N) is 2. The first kappa shape index (κ1) is 19.1. The Morgan fingerprint density at radius 2 is 1.68 bits per heavy atom. The molecule has 3 rings (SSSR count). The summed E-state index contributed by atoms with van der Waals surface area (Å²) in [4.78, 5) is 28.6. The zero-order valence-electron chi connectivity index (χ0n) is 15.9. The molecule has 0 aliphatic carbocycles. The van der Waals surface area contributed by atoms with Crippen LogP contribution < -0.4 is 10.6 Å². The number of hydrogen-bond acceptors (Lipinski definition) is 5. The van der Waals surface area contributed by atoms with Crippen molar-refractivity contribution in [2.45, 2.75) is 13.8 Å². The Morgan fingerprint density at radius 3 is 2.39 bits per heavy atom. The first-order valence-corrected chi connectivity index (χ1v) is 8.77. The molecule has 2 aromatic carbocycles. The van der Waals surface area contributed by atoms with Crippen molar-refractivity contribution in [3.05, 3.63) is 83.0 Å². The summed E-state index contributed by atoms with van der Waals surface area (Å²) in [6, 6.07) is 16.1. The van der Waals surface area contributed by atoms with Crippen LogP contribution in [0.3, 0.4) is 0 Å². The Kier molecular flexibility index (Phi) is 5.69. The van der Waals surface area contributed by atoms with Crippen LogP contribution in [0.2, 0.25) is 0 Å². The summed E-state index contributed by atoms with van der Waals surface area (Å²) in [7, 11) is 1.33. The summed E-state index contributed by atoms with van der Waals surface area (Å²) in [6.07, 6.45) is 1.49. The van der Waals surface area contributed by atoms with Crippen LogP contribution in [0.1, 0.15) is 31.8 Å². The predicted molar refractivity (Wildman–Crippen MR) is 109 cm³/mol. The van der Waals surface area contributed by atoms with Gasteiger partial charge in [0.2, 0.25) is 0 Å². The van der Waals surface area contributed by atoms with Crippen molar-refractivity contribution in [2.75, 3.05) is 17.7 Å². The van der Waals surface area contributed by atoms with E-state index in [-0.39, 0.29) is 5.91 Å². The van der Waals surface area contributed by atoms with Gasteiger partial charge in [0.1, 0.15) is 5.82 Å². The number of para-hydroxylation sites is 1. The van der Waals surface area contributed by atoms with Gasteiger partial charge in [-0.1, -0.05) is 24.3 Å². The third kappa shape index (κ3) is 4.17. The van der Waals surface area contributed by atoms with Gasteiger partial charge in [-0.3, -0.25) is 4.79 Å². The second-order valence-corrected chi connectivity index (χ2v) is 6.30. The van der Waals surface area contributed by atoms with Crippen molar-refractivity contribution < 1.29 is 14.3 Å². The molecule has 1 aromatic heterocycles. The third-order valence-electron chi connectivity index (χ3n) is 4.47. The third-order valence-corrected chi connectivity index (χ3v) is 4.47. The van der Waals surface area contributed by atoms with E-state index in [0.717, 1.165) is 16.8 Å². The molecule has 0 spiro atoms. The zero-order chi connectivity index (χ0) is 20.1. The second-order valence-electron chi connectivity index (χ2n) is 6.30. The lowest BCUT2D eigenvalue weighted by Crippen LogP contribution is -2.13. The van der Waals surface area contributed by atoms with Gasteiger partial charge in [-0.25, -0.2) is 9.78 Å². The van der Waals surface area contributed by atoms with Crippen LogP contribution in [0.5, 0.6) is 0 Å². The highest BCUT2D eigenvalue weighted by Gasteiger charge is 2.12. The molecular weight excluding hydrogens is 354 g/mol. The largest absolute Gasteiger partial charge is 0.465 e. The first-order chi connectivity index (χ1) is 13.5. The minimum atomic E-state index is -0.437.